The number of hydrogen-bond donors (Lipinski definition) is 1. The molecule has 0 unspecified atom stereocenters. The van der Waals surface area contributed by atoms with Gasteiger partial charge in [-0.3, -0.25) is 14.5 Å². The first-order chi connectivity index (χ1) is 13.8. The van der Waals surface area contributed by atoms with Gasteiger partial charge in [-0.05, 0) is 56.0 Å². The van der Waals surface area contributed by atoms with E-state index in [1.807, 2.05) is 0 Å². The topological polar surface area (TPSA) is 52.7 Å². The van der Waals surface area contributed by atoms with E-state index in [9.17, 15) is 22.8 Å². The molecule has 0 saturated carbocycles. The van der Waals surface area contributed by atoms with E-state index >= 15 is 0 Å². The maximum Gasteiger partial charge on any atom is 0.416 e. The van der Waals surface area contributed by atoms with E-state index in [-0.39, 0.29) is 36.2 Å². The molecule has 3 heterocycles. The number of likely N-dealkylation sites (tertiary alicyclic amines) is 2. The molecule has 1 amide bonds. The van der Waals surface area contributed by atoms with Crippen molar-refractivity contribution in [3.63, 3.8) is 0 Å². The Morgan fingerprint density at radius 2 is 1.76 bits per heavy atom. The fourth-order valence-corrected chi connectivity index (χ4v) is 4.76. The number of carbonyl (C=O) groups is 2. The highest BCUT2D eigenvalue weighted by Crippen LogP contribution is 2.33. The fraction of sp³-hybridized carbons (Fsp3) is 0.619. The number of amides is 1. The summed E-state index contributed by atoms with van der Waals surface area (Å²) in [6, 6.07) is 5.61. The van der Waals surface area contributed by atoms with E-state index in [2.05, 4.69) is 10.2 Å². The van der Waals surface area contributed by atoms with Crippen LogP contribution in [0.25, 0.3) is 0 Å². The van der Waals surface area contributed by atoms with Gasteiger partial charge in [-0.2, -0.15) is 13.2 Å². The van der Waals surface area contributed by atoms with Crippen LogP contribution in [-0.2, 0) is 15.8 Å². The predicted molar refractivity (Wildman–Crippen MR) is 101 cm³/mol. The van der Waals surface area contributed by atoms with Crippen molar-refractivity contribution in [1.29, 1.82) is 0 Å². The minimum atomic E-state index is -4.30. The Hall–Kier alpha value is -1.93. The van der Waals surface area contributed by atoms with Crippen LogP contribution in [0, 0.1) is 0 Å². The first-order valence-corrected chi connectivity index (χ1v) is 10.3. The van der Waals surface area contributed by atoms with Crippen molar-refractivity contribution in [2.75, 3.05) is 32.7 Å². The molecular formula is C21H26F3N3O2. The number of carbonyl (C=O) groups excluding carboxylic acids is 2. The molecule has 5 nitrogen and oxygen atoms in total. The SMILES string of the molecule is O=C1CCN(C(=O)[C@@H]2C[C@H](N3CCC(c4ccc(C(F)(F)F)cc4)CC3)CN2)C1. The zero-order valence-electron chi connectivity index (χ0n) is 16.3. The van der Waals surface area contributed by atoms with Crippen molar-refractivity contribution in [2.24, 2.45) is 0 Å². The third kappa shape index (κ3) is 4.48. The van der Waals surface area contributed by atoms with Crippen LogP contribution >= 0.6 is 0 Å². The van der Waals surface area contributed by atoms with Crippen molar-refractivity contribution < 1.29 is 22.8 Å². The molecule has 3 fully saturated rings. The van der Waals surface area contributed by atoms with E-state index in [4.69, 9.17) is 0 Å². The lowest BCUT2D eigenvalue weighted by Gasteiger charge is -2.36. The lowest BCUT2D eigenvalue weighted by Crippen LogP contribution is -2.43. The molecule has 8 heteroatoms. The molecule has 3 aliphatic heterocycles. The van der Waals surface area contributed by atoms with Crippen LogP contribution < -0.4 is 5.32 Å². The second kappa shape index (κ2) is 8.07. The zero-order chi connectivity index (χ0) is 20.6. The summed E-state index contributed by atoms with van der Waals surface area (Å²) in [5, 5.41) is 3.31. The van der Waals surface area contributed by atoms with E-state index in [0.29, 0.717) is 13.0 Å². The molecule has 0 radical (unpaired) electrons. The highest BCUT2D eigenvalue weighted by atomic mass is 19.4. The second-order valence-corrected chi connectivity index (χ2v) is 8.33. The molecule has 1 aromatic rings. The molecule has 0 bridgehead atoms. The van der Waals surface area contributed by atoms with E-state index in [0.717, 1.165) is 44.5 Å². The molecule has 29 heavy (non-hydrogen) atoms. The molecule has 1 aromatic carbocycles. The monoisotopic (exact) mass is 409 g/mol. The first-order valence-electron chi connectivity index (χ1n) is 10.3. The van der Waals surface area contributed by atoms with Gasteiger partial charge in [0.1, 0.15) is 0 Å². The lowest BCUT2D eigenvalue weighted by molar-refractivity contribution is -0.137. The summed E-state index contributed by atoms with van der Waals surface area (Å²) in [6.45, 7) is 3.27. The van der Waals surface area contributed by atoms with Gasteiger partial charge >= 0.3 is 6.18 Å². The number of Topliss-reactive ketones (excluding diaryl/α,β-unsaturated/α-hetero) is 1. The third-order valence-corrected chi connectivity index (χ3v) is 6.50. The van der Waals surface area contributed by atoms with Crippen molar-refractivity contribution in [3.05, 3.63) is 35.4 Å². The molecule has 3 saturated heterocycles. The fourth-order valence-electron chi connectivity index (χ4n) is 4.76. The van der Waals surface area contributed by atoms with Crippen LogP contribution in [-0.4, -0.2) is 66.3 Å². The number of benzene rings is 1. The van der Waals surface area contributed by atoms with Gasteiger partial charge in [0.2, 0.25) is 5.91 Å². The summed E-state index contributed by atoms with van der Waals surface area (Å²) < 4.78 is 38.2. The number of piperidine rings is 1. The highest BCUT2D eigenvalue weighted by Gasteiger charge is 2.38. The van der Waals surface area contributed by atoms with Gasteiger partial charge in [-0.15, -0.1) is 0 Å². The normalized spacial score (nSPS) is 27.0. The van der Waals surface area contributed by atoms with Gasteiger partial charge in [0.05, 0.1) is 18.2 Å². The van der Waals surface area contributed by atoms with Crippen molar-refractivity contribution >= 4 is 11.7 Å². The highest BCUT2D eigenvalue weighted by molar-refractivity contribution is 5.91. The summed E-state index contributed by atoms with van der Waals surface area (Å²) in [5.41, 5.74) is 0.361. The quantitative estimate of drug-likeness (QED) is 0.833. The number of ketones is 1. The number of nitrogens with zero attached hydrogens (tertiary/aromatic N) is 2. The summed E-state index contributed by atoms with van der Waals surface area (Å²) in [7, 11) is 0. The lowest BCUT2D eigenvalue weighted by atomic mass is 9.88. The van der Waals surface area contributed by atoms with Gasteiger partial charge in [-0.1, -0.05) is 12.1 Å². The first kappa shape index (κ1) is 20.3. The maximum absolute atomic E-state index is 12.7. The van der Waals surface area contributed by atoms with Crippen LogP contribution in [0.4, 0.5) is 13.2 Å². The van der Waals surface area contributed by atoms with Crippen LogP contribution in [0.1, 0.15) is 42.7 Å². The Balaban J connectivity index is 1.28. The molecule has 2 atom stereocenters. The molecule has 1 N–H and O–H groups in total. The average molecular weight is 409 g/mol. The molecule has 4 rings (SSSR count). The Kier molecular flexibility index (Phi) is 5.66. The van der Waals surface area contributed by atoms with Gasteiger partial charge in [0.25, 0.3) is 0 Å². The molecule has 3 aliphatic rings. The average Bonchev–Trinajstić information content (AvgIpc) is 3.36. The third-order valence-electron chi connectivity index (χ3n) is 6.50. The van der Waals surface area contributed by atoms with Crippen LogP contribution in [0.2, 0.25) is 0 Å². The van der Waals surface area contributed by atoms with Gasteiger partial charge in [-0.25, -0.2) is 0 Å². The molecule has 0 spiro atoms. The second-order valence-electron chi connectivity index (χ2n) is 8.33. The maximum atomic E-state index is 12.7. The van der Waals surface area contributed by atoms with Crippen LogP contribution in [0.15, 0.2) is 24.3 Å². The minimum absolute atomic E-state index is 0.0259. The summed E-state index contributed by atoms with van der Waals surface area (Å²) >= 11 is 0. The van der Waals surface area contributed by atoms with Crippen molar-refractivity contribution in [3.8, 4) is 0 Å². The van der Waals surface area contributed by atoms with E-state index in [1.165, 1.54) is 12.1 Å². The largest absolute Gasteiger partial charge is 0.416 e. The van der Waals surface area contributed by atoms with Gasteiger partial charge in [0.15, 0.2) is 5.78 Å². The summed E-state index contributed by atoms with van der Waals surface area (Å²) in [6.07, 6.45) is -1.29. The number of halogens is 3. The van der Waals surface area contributed by atoms with Crippen molar-refractivity contribution in [2.45, 2.75) is 49.9 Å². The summed E-state index contributed by atoms with van der Waals surface area (Å²) in [4.78, 5) is 28.0. The Labute approximate surface area is 168 Å². The molecular weight excluding hydrogens is 383 g/mol. The Bertz CT molecular complexity index is 757. The Morgan fingerprint density at radius 1 is 1.07 bits per heavy atom. The number of nitrogens with one attached hydrogen (secondary N) is 1. The Morgan fingerprint density at radius 3 is 2.34 bits per heavy atom. The van der Waals surface area contributed by atoms with Gasteiger partial charge < -0.3 is 10.2 Å². The number of alkyl halides is 3. The van der Waals surface area contributed by atoms with Crippen molar-refractivity contribution in [1.82, 2.24) is 15.1 Å². The van der Waals surface area contributed by atoms with E-state index < -0.39 is 11.7 Å². The van der Waals surface area contributed by atoms with Crippen LogP contribution in [0.5, 0.6) is 0 Å². The van der Waals surface area contributed by atoms with E-state index in [1.54, 1.807) is 17.0 Å². The van der Waals surface area contributed by atoms with Crippen LogP contribution in [0.3, 0.4) is 0 Å². The minimum Gasteiger partial charge on any atom is -0.334 e. The predicted octanol–water partition coefficient (Wildman–Crippen LogP) is 2.42. The molecule has 0 aromatic heterocycles. The molecule has 0 aliphatic carbocycles. The van der Waals surface area contributed by atoms with Gasteiger partial charge in [0, 0.05) is 25.6 Å². The number of hydrogen-bond acceptors (Lipinski definition) is 4. The smallest absolute Gasteiger partial charge is 0.334 e. The number of rotatable bonds is 3. The zero-order valence-corrected chi connectivity index (χ0v) is 16.3. The summed E-state index contributed by atoms with van der Waals surface area (Å²) in [5.74, 6) is 0.423. The molecule has 158 valence electrons. The standard InChI is InChI=1S/C21H26F3N3O2/c22-21(23,24)16-3-1-14(2-4-16)15-5-8-26(9-6-15)17-11-19(25-12-17)20(29)27-10-7-18(28)13-27/h1-4,15,17,19,25H,5-13H2/t17-,19-/m0/s1.